The maximum absolute atomic E-state index is 15.9. The van der Waals surface area contributed by atoms with Crippen LogP contribution in [0.2, 0.25) is 0 Å². The van der Waals surface area contributed by atoms with E-state index in [9.17, 15) is 23.7 Å². The van der Waals surface area contributed by atoms with Crippen molar-refractivity contribution >= 4 is 49.7 Å². The highest BCUT2D eigenvalue weighted by molar-refractivity contribution is 7.47. The number of hydrogen-bond donors (Lipinski definition) is 5. The van der Waals surface area contributed by atoms with Crippen LogP contribution < -0.4 is 17.0 Å². The summed E-state index contributed by atoms with van der Waals surface area (Å²) in [6.07, 6.45) is -11.8. The number of phosphoric ester groups is 2. The fourth-order valence-corrected chi connectivity index (χ4v) is 7.11. The lowest BCUT2D eigenvalue weighted by molar-refractivity contribution is -0.0669. The summed E-state index contributed by atoms with van der Waals surface area (Å²) in [7, 11) is -10.4. The van der Waals surface area contributed by atoms with Gasteiger partial charge < -0.3 is 30.7 Å². The van der Waals surface area contributed by atoms with E-state index in [-0.39, 0.29) is 34.1 Å². The molecule has 3 aliphatic rings. The van der Waals surface area contributed by atoms with E-state index in [0.717, 1.165) is 28.1 Å². The van der Waals surface area contributed by atoms with E-state index in [1.165, 1.54) is 0 Å². The third kappa shape index (κ3) is 5.29. The number of nitrogens with one attached hydrogen (secondary N) is 1. The van der Waals surface area contributed by atoms with Crippen LogP contribution in [0, 0.1) is 0 Å². The Morgan fingerprint density at radius 3 is 2.20 bits per heavy atom. The van der Waals surface area contributed by atoms with Gasteiger partial charge in [-0.1, -0.05) is 0 Å². The molecule has 4 aromatic rings. The van der Waals surface area contributed by atoms with Crippen LogP contribution in [-0.4, -0.2) is 98.8 Å². The number of rotatable bonds is 2. The maximum Gasteiger partial charge on any atom is 0.472 e. The number of hydrogen-bond acceptors (Lipinski definition) is 16. The van der Waals surface area contributed by atoms with Crippen molar-refractivity contribution in [2.75, 3.05) is 24.7 Å². The van der Waals surface area contributed by atoms with Crippen molar-refractivity contribution in [3.05, 3.63) is 29.3 Å². The number of nitrogens with zero attached hydrogens (tertiary/aromatic N) is 7. The number of ether oxygens (including phenoxy) is 2. The average molecular weight is 678 g/mol. The molecule has 21 nitrogen and oxygen atoms in total. The first-order chi connectivity index (χ1) is 21.3. The quantitative estimate of drug-likeness (QED) is 0.169. The third-order valence-corrected chi connectivity index (χ3v) is 9.20. The molecule has 45 heavy (non-hydrogen) atoms. The summed E-state index contributed by atoms with van der Waals surface area (Å²) in [4.78, 5) is 55.2. The van der Waals surface area contributed by atoms with Gasteiger partial charge in [0.2, 0.25) is 5.95 Å². The SMILES string of the molecule is Nc1nc2c(ncn2[C@@H]2O[C@@H]3COP(=O)(O)O[C@@H]4C(COP(=O)(O)O[C@@H]2[C@@H]3F)O[C@@H](n2cnc3c(N)ncnc32)[C@@H]4F)c(=O)[nH]1. The highest BCUT2D eigenvalue weighted by Gasteiger charge is 2.55. The molecule has 242 valence electrons. The number of imidazole rings is 2. The average Bonchev–Trinajstić information content (AvgIpc) is 3.72. The molecule has 3 saturated heterocycles. The van der Waals surface area contributed by atoms with Crippen molar-refractivity contribution in [3.63, 3.8) is 0 Å². The first-order valence-corrected chi connectivity index (χ1v) is 15.9. The van der Waals surface area contributed by atoms with Crippen LogP contribution >= 0.6 is 15.6 Å². The molecule has 4 aromatic heterocycles. The summed E-state index contributed by atoms with van der Waals surface area (Å²) in [6.45, 7) is -1.94. The summed E-state index contributed by atoms with van der Waals surface area (Å²) in [5, 5.41) is 0. The molecule has 0 aromatic carbocycles. The van der Waals surface area contributed by atoms with E-state index in [1.54, 1.807) is 0 Å². The van der Waals surface area contributed by atoms with E-state index >= 15 is 8.78 Å². The number of H-pyrrole nitrogens is 1. The standard InChI is InChI=1S/C20H22F2N10O11P2/c21-8-6-1-38-44(34,35)42-12-7(41-18(9(12)22)31-4-27-10-14(23)25-3-26-15(10)31)2-39-45(36,37)43-13(8)19(40-6)32-5-28-11-16(32)29-20(24)30-17(11)33/h3-9,12-13,18-19H,1-2H2,(H,34,35)(H,36,37)(H2,23,25,26)(H3,24,29,30,33)/t6-,7?,8-,9-,12-,13-,18-,19-/m1/s1. The molecule has 10 atom stereocenters. The van der Waals surface area contributed by atoms with Crippen LogP contribution in [0.25, 0.3) is 22.3 Å². The molecule has 2 bridgehead atoms. The van der Waals surface area contributed by atoms with Gasteiger partial charge in [0.05, 0.1) is 25.9 Å². The maximum atomic E-state index is 15.9. The molecule has 0 amide bonds. The number of anilines is 2. The minimum absolute atomic E-state index is 0.0167. The second-order valence-corrected chi connectivity index (χ2v) is 12.9. The first-order valence-electron chi connectivity index (χ1n) is 12.9. The number of nitrogen functional groups attached to an aromatic ring is 2. The van der Waals surface area contributed by atoms with Gasteiger partial charge in [-0.2, -0.15) is 4.98 Å². The van der Waals surface area contributed by atoms with Crippen molar-refractivity contribution in [2.45, 2.75) is 49.2 Å². The molecule has 0 radical (unpaired) electrons. The van der Waals surface area contributed by atoms with Gasteiger partial charge in [-0.3, -0.25) is 37.0 Å². The smallest absolute Gasteiger partial charge is 0.382 e. The van der Waals surface area contributed by atoms with E-state index in [4.69, 9.17) is 39.0 Å². The van der Waals surface area contributed by atoms with Crippen molar-refractivity contribution < 1.29 is 55.3 Å². The Labute approximate surface area is 247 Å². The second kappa shape index (κ2) is 10.8. The molecule has 3 fully saturated rings. The zero-order valence-corrected chi connectivity index (χ0v) is 24.1. The second-order valence-electron chi connectivity index (χ2n) is 10.0. The van der Waals surface area contributed by atoms with Crippen molar-refractivity contribution in [2.24, 2.45) is 0 Å². The molecule has 0 saturated carbocycles. The number of nitrogens with two attached hydrogens (primary N) is 2. The van der Waals surface area contributed by atoms with Gasteiger partial charge in [-0.15, -0.1) is 0 Å². The van der Waals surface area contributed by atoms with Crippen molar-refractivity contribution in [3.8, 4) is 0 Å². The van der Waals surface area contributed by atoms with Crippen molar-refractivity contribution in [1.29, 1.82) is 0 Å². The Balaban J connectivity index is 1.21. The lowest BCUT2D eigenvalue weighted by atomic mass is 10.1. The van der Waals surface area contributed by atoms with Crippen LogP contribution in [0.1, 0.15) is 12.5 Å². The molecule has 0 aliphatic carbocycles. The first kappa shape index (κ1) is 30.2. The fourth-order valence-electron chi connectivity index (χ4n) is 5.23. The minimum atomic E-state index is -5.23. The normalized spacial score (nSPS) is 37.7. The zero-order chi connectivity index (χ0) is 31.8. The van der Waals surface area contributed by atoms with Crippen LogP contribution in [0.4, 0.5) is 20.5 Å². The summed E-state index contributed by atoms with van der Waals surface area (Å²) in [6, 6.07) is 0. The van der Waals surface area contributed by atoms with E-state index in [2.05, 4.69) is 29.9 Å². The van der Waals surface area contributed by atoms with Gasteiger partial charge in [0.15, 0.2) is 47.4 Å². The molecular formula is C20H22F2N10O11P2. The Hall–Kier alpha value is -3.50. The molecule has 25 heteroatoms. The van der Waals surface area contributed by atoms with Crippen LogP contribution in [-0.2, 0) is 36.7 Å². The lowest BCUT2D eigenvalue weighted by Gasteiger charge is -2.25. The molecule has 3 aliphatic heterocycles. The topological polar surface area (TPSA) is 289 Å². The Morgan fingerprint density at radius 2 is 1.47 bits per heavy atom. The van der Waals surface area contributed by atoms with Gasteiger partial charge in [0.1, 0.15) is 36.3 Å². The summed E-state index contributed by atoms with van der Waals surface area (Å²) in [5.41, 5.74) is 10.4. The predicted octanol–water partition coefficient (Wildman–Crippen LogP) is -0.387. The highest BCUT2D eigenvalue weighted by Crippen LogP contribution is 2.54. The van der Waals surface area contributed by atoms with Crippen LogP contribution in [0.15, 0.2) is 23.8 Å². The molecular weight excluding hydrogens is 656 g/mol. The van der Waals surface area contributed by atoms with Gasteiger partial charge in [0.25, 0.3) is 5.56 Å². The van der Waals surface area contributed by atoms with Gasteiger partial charge in [0, 0.05) is 0 Å². The van der Waals surface area contributed by atoms with Gasteiger partial charge in [-0.05, 0) is 0 Å². The highest BCUT2D eigenvalue weighted by atomic mass is 31.2. The largest absolute Gasteiger partial charge is 0.472 e. The van der Waals surface area contributed by atoms with E-state index in [1.807, 2.05) is 0 Å². The molecule has 3 unspecified atom stereocenters. The molecule has 0 spiro atoms. The third-order valence-electron chi connectivity index (χ3n) is 7.23. The number of phosphoric acid groups is 2. The number of halogens is 2. The number of aromatic amines is 1. The van der Waals surface area contributed by atoms with Crippen LogP contribution in [0.3, 0.4) is 0 Å². The Bertz CT molecular complexity index is 1940. The number of aromatic nitrogens is 8. The summed E-state index contributed by atoms with van der Waals surface area (Å²) < 4.78 is 91.3. The van der Waals surface area contributed by atoms with Crippen LogP contribution in [0.5, 0.6) is 0 Å². The minimum Gasteiger partial charge on any atom is -0.382 e. The lowest BCUT2D eigenvalue weighted by Crippen LogP contribution is -2.34. The monoisotopic (exact) mass is 678 g/mol. The fraction of sp³-hybridized carbons (Fsp3) is 0.500. The molecule has 7 rings (SSSR count). The zero-order valence-electron chi connectivity index (χ0n) is 22.3. The Morgan fingerprint density at radius 1 is 0.844 bits per heavy atom. The number of alkyl halides is 2. The Kier molecular flexibility index (Phi) is 7.24. The van der Waals surface area contributed by atoms with E-state index < -0.39 is 83.6 Å². The molecule has 7 N–H and O–H groups in total. The predicted molar refractivity (Wildman–Crippen MR) is 141 cm³/mol. The van der Waals surface area contributed by atoms with E-state index in [0.29, 0.717) is 0 Å². The summed E-state index contributed by atoms with van der Waals surface area (Å²) in [5.74, 6) is -0.342. The van der Waals surface area contributed by atoms with Gasteiger partial charge >= 0.3 is 15.6 Å². The van der Waals surface area contributed by atoms with Gasteiger partial charge in [-0.25, -0.2) is 37.8 Å². The summed E-state index contributed by atoms with van der Waals surface area (Å²) >= 11 is 0. The number of fused-ring (bicyclic) bond motifs is 5. The van der Waals surface area contributed by atoms with Crippen molar-refractivity contribution in [1.82, 2.24) is 39.0 Å². The molecule has 7 heterocycles.